The van der Waals surface area contributed by atoms with Crippen molar-refractivity contribution in [1.29, 1.82) is 5.26 Å². The van der Waals surface area contributed by atoms with Gasteiger partial charge in [-0.2, -0.15) is 5.26 Å². The first-order valence-corrected chi connectivity index (χ1v) is 8.31. The van der Waals surface area contributed by atoms with Gasteiger partial charge in [0.2, 0.25) is 0 Å². The van der Waals surface area contributed by atoms with Gasteiger partial charge in [-0.15, -0.1) is 11.3 Å². The molecular weight excluding hydrogens is 306 g/mol. The van der Waals surface area contributed by atoms with Crippen molar-refractivity contribution in [2.45, 2.75) is 4.90 Å². The number of pyridine rings is 1. The number of fused-ring (bicyclic) bond motifs is 1. The number of sulfonamides is 1. The maximum atomic E-state index is 12.2. The molecule has 0 aliphatic heterocycles. The lowest BCUT2D eigenvalue weighted by molar-refractivity contribution is 0.601. The Morgan fingerprint density at radius 1 is 1.19 bits per heavy atom. The SMILES string of the molecule is N#Cc1ccc(S(=O)(=O)Nc2ccc3sccc3c2)cn1. The number of nitrogens with zero attached hydrogens (tertiary/aromatic N) is 2. The normalized spacial score (nSPS) is 11.2. The van der Waals surface area contributed by atoms with E-state index in [1.165, 1.54) is 18.3 Å². The molecule has 2 heterocycles. The van der Waals surface area contributed by atoms with E-state index < -0.39 is 10.0 Å². The standard InChI is InChI=1S/C14H9N3O2S2/c15-8-12-1-3-13(9-16-12)21(18,19)17-11-2-4-14-10(7-11)5-6-20-14/h1-7,9,17H. The van der Waals surface area contributed by atoms with Crippen LogP contribution >= 0.6 is 11.3 Å². The second-order valence-corrected chi connectivity index (χ2v) is 6.90. The molecule has 1 aromatic carbocycles. The lowest BCUT2D eigenvalue weighted by Crippen LogP contribution is -2.13. The van der Waals surface area contributed by atoms with E-state index in [1.807, 2.05) is 23.6 Å². The van der Waals surface area contributed by atoms with Gasteiger partial charge in [0.25, 0.3) is 10.0 Å². The highest BCUT2D eigenvalue weighted by atomic mass is 32.2. The first-order valence-electron chi connectivity index (χ1n) is 5.95. The fraction of sp³-hybridized carbons (Fsp3) is 0. The van der Waals surface area contributed by atoms with Gasteiger partial charge in [0, 0.05) is 16.6 Å². The topological polar surface area (TPSA) is 82.8 Å². The Bertz CT molecular complexity index is 938. The van der Waals surface area contributed by atoms with E-state index in [0.717, 1.165) is 10.1 Å². The molecule has 7 heteroatoms. The molecule has 0 spiro atoms. The van der Waals surface area contributed by atoms with Crippen LogP contribution in [0, 0.1) is 11.3 Å². The van der Waals surface area contributed by atoms with Crippen LogP contribution in [0.4, 0.5) is 5.69 Å². The van der Waals surface area contributed by atoms with Gasteiger partial charge in [0.05, 0.1) is 0 Å². The van der Waals surface area contributed by atoms with Crippen LogP contribution in [0.1, 0.15) is 5.69 Å². The van der Waals surface area contributed by atoms with Crippen molar-refractivity contribution in [3.63, 3.8) is 0 Å². The third kappa shape index (κ3) is 2.72. The minimum Gasteiger partial charge on any atom is -0.280 e. The van der Waals surface area contributed by atoms with Gasteiger partial charge < -0.3 is 0 Å². The number of benzene rings is 1. The Kier molecular flexibility index (Phi) is 3.33. The molecule has 0 saturated carbocycles. The first kappa shape index (κ1) is 13.5. The van der Waals surface area contributed by atoms with Crippen molar-refractivity contribution in [3.05, 3.63) is 53.7 Å². The molecule has 0 atom stereocenters. The third-order valence-electron chi connectivity index (χ3n) is 2.87. The summed E-state index contributed by atoms with van der Waals surface area (Å²) in [5.74, 6) is 0. The Morgan fingerprint density at radius 3 is 2.76 bits per heavy atom. The zero-order chi connectivity index (χ0) is 14.9. The van der Waals surface area contributed by atoms with E-state index in [4.69, 9.17) is 5.26 Å². The van der Waals surface area contributed by atoms with Crippen LogP contribution in [0.3, 0.4) is 0 Å². The number of nitrogens with one attached hydrogen (secondary N) is 1. The molecule has 104 valence electrons. The molecule has 3 aromatic rings. The summed E-state index contributed by atoms with van der Waals surface area (Å²) >= 11 is 1.60. The van der Waals surface area contributed by atoms with Crippen molar-refractivity contribution < 1.29 is 8.42 Å². The van der Waals surface area contributed by atoms with E-state index in [9.17, 15) is 8.42 Å². The van der Waals surface area contributed by atoms with E-state index >= 15 is 0 Å². The number of anilines is 1. The summed E-state index contributed by atoms with van der Waals surface area (Å²) in [7, 11) is -3.71. The van der Waals surface area contributed by atoms with E-state index in [0.29, 0.717) is 5.69 Å². The number of nitriles is 1. The summed E-state index contributed by atoms with van der Waals surface area (Å²) in [5.41, 5.74) is 0.666. The van der Waals surface area contributed by atoms with Gasteiger partial charge in [0.15, 0.2) is 0 Å². The maximum Gasteiger partial charge on any atom is 0.263 e. The largest absolute Gasteiger partial charge is 0.280 e. The number of rotatable bonds is 3. The fourth-order valence-corrected chi connectivity index (χ4v) is 3.61. The van der Waals surface area contributed by atoms with Crippen molar-refractivity contribution in [3.8, 4) is 6.07 Å². The number of hydrogen-bond acceptors (Lipinski definition) is 5. The summed E-state index contributed by atoms with van der Waals surface area (Å²) in [6.07, 6.45) is 1.17. The molecule has 3 rings (SSSR count). The molecule has 0 radical (unpaired) electrons. The van der Waals surface area contributed by atoms with Crippen molar-refractivity contribution in [2.75, 3.05) is 4.72 Å². The zero-order valence-corrected chi connectivity index (χ0v) is 12.3. The van der Waals surface area contributed by atoms with Gasteiger partial charge in [-0.3, -0.25) is 4.72 Å². The quantitative estimate of drug-likeness (QED) is 0.805. The zero-order valence-electron chi connectivity index (χ0n) is 10.6. The second kappa shape index (κ2) is 5.16. The van der Waals surface area contributed by atoms with Crippen LogP contribution in [-0.2, 0) is 10.0 Å². The average Bonchev–Trinajstić information content (AvgIpc) is 2.94. The minimum absolute atomic E-state index is 0.0203. The van der Waals surface area contributed by atoms with E-state index in [2.05, 4.69) is 9.71 Å². The summed E-state index contributed by atoms with van der Waals surface area (Å²) in [6.45, 7) is 0. The second-order valence-electron chi connectivity index (χ2n) is 4.27. The van der Waals surface area contributed by atoms with Gasteiger partial charge >= 0.3 is 0 Å². The first-order chi connectivity index (χ1) is 10.1. The predicted molar refractivity (Wildman–Crippen MR) is 81.6 cm³/mol. The number of hydrogen-bond donors (Lipinski definition) is 1. The highest BCUT2D eigenvalue weighted by molar-refractivity contribution is 7.92. The van der Waals surface area contributed by atoms with E-state index in [1.54, 1.807) is 23.5 Å². The number of thiophene rings is 1. The smallest absolute Gasteiger partial charge is 0.263 e. The molecule has 2 aromatic heterocycles. The molecule has 0 saturated heterocycles. The lowest BCUT2D eigenvalue weighted by Gasteiger charge is -2.07. The molecule has 1 N–H and O–H groups in total. The Morgan fingerprint density at radius 2 is 2.05 bits per heavy atom. The molecule has 5 nitrogen and oxygen atoms in total. The van der Waals surface area contributed by atoms with Gasteiger partial charge in [-0.1, -0.05) is 0 Å². The molecule has 0 bridgehead atoms. The fourth-order valence-electron chi connectivity index (χ4n) is 1.85. The summed E-state index contributed by atoms with van der Waals surface area (Å²) in [5, 5.41) is 11.6. The molecule has 0 aliphatic rings. The van der Waals surface area contributed by atoms with Crippen LogP contribution in [0.5, 0.6) is 0 Å². The van der Waals surface area contributed by atoms with Crippen LogP contribution in [-0.4, -0.2) is 13.4 Å². The number of aromatic nitrogens is 1. The average molecular weight is 315 g/mol. The van der Waals surface area contributed by atoms with Crippen molar-refractivity contribution in [2.24, 2.45) is 0 Å². The van der Waals surface area contributed by atoms with Gasteiger partial charge in [-0.25, -0.2) is 13.4 Å². The Hall–Kier alpha value is -2.43. The molecule has 21 heavy (non-hydrogen) atoms. The van der Waals surface area contributed by atoms with Crippen molar-refractivity contribution >= 4 is 37.1 Å². The molecular formula is C14H9N3O2S2. The Balaban J connectivity index is 1.92. The summed E-state index contributed by atoms with van der Waals surface area (Å²) < 4.78 is 28.1. The Labute approximate surface area is 125 Å². The van der Waals surface area contributed by atoms with Gasteiger partial charge in [-0.05, 0) is 47.2 Å². The monoisotopic (exact) mass is 315 g/mol. The molecule has 0 amide bonds. The van der Waals surface area contributed by atoms with Gasteiger partial charge in [0.1, 0.15) is 16.7 Å². The molecule has 0 aliphatic carbocycles. The highest BCUT2D eigenvalue weighted by Crippen LogP contribution is 2.25. The minimum atomic E-state index is -3.71. The maximum absolute atomic E-state index is 12.2. The summed E-state index contributed by atoms with van der Waals surface area (Å²) in [6, 6.07) is 11.9. The predicted octanol–water partition coefficient (Wildman–Crippen LogP) is 2.97. The van der Waals surface area contributed by atoms with Crippen LogP contribution < -0.4 is 4.72 Å². The van der Waals surface area contributed by atoms with Crippen LogP contribution in [0.15, 0.2) is 52.9 Å². The summed E-state index contributed by atoms with van der Waals surface area (Å²) in [4.78, 5) is 3.79. The van der Waals surface area contributed by atoms with Crippen LogP contribution in [0.2, 0.25) is 0 Å². The van der Waals surface area contributed by atoms with Crippen molar-refractivity contribution in [1.82, 2.24) is 4.98 Å². The molecule has 0 fully saturated rings. The lowest BCUT2D eigenvalue weighted by atomic mass is 10.2. The highest BCUT2D eigenvalue weighted by Gasteiger charge is 2.15. The van der Waals surface area contributed by atoms with E-state index in [-0.39, 0.29) is 10.6 Å². The third-order valence-corrected chi connectivity index (χ3v) is 5.13. The van der Waals surface area contributed by atoms with Crippen LogP contribution in [0.25, 0.3) is 10.1 Å². The molecule has 0 unspecified atom stereocenters.